The van der Waals surface area contributed by atoms with Crippen LogP contribution in [0.5, 0.6) is 0 Å². The van der Waals surface area contributed by atoms with Crippen LogP contribution in [0.25, 0.3) is 0 Å². The van der Waals surface area contributed by atoms with E-state index in [1.54, 1.807) is 0 Å². The van der Waals surface area contributed by atoms with Crippen LogP contribution >= 0.6 is 0 Å². The number of aliphatic hydroxyl groups excluding tert-OH is 1. The third kappa shape index (κ3) is 4.40. The maximum atomic E-state index is 8.57. The standard InChI is InChI=1S/C13H26O3/c1-3-12(2)11-13(5-4-6-13)16-10-9-15-8-7-14/h12,14H,3-11H2,1-2H3. The highest BCUT2D eigenvalue weighted by molar-refractivity contribution is 4.90. The van der Waals surface area contributed by atoms with Crippen molar-refractivity contribution in [2.75, 3.05) is 26.4 Å². The summed E-state index contributed by atoms with van der Waals surface area (Å²) in [5.41, 5.74) is 0.151. The highest BCUT2D eigenvalue weighted by atomic mass is 16.5. The quantitative estimate of drug-likeness (QED) is 0.618. The van der Waals surface area contributed by atoms with E-state index < -0.39 is 0 Å². The number of aliphatic hydroxyl groups is 1. The number of hydrogen-bond acceptors (Lipinski definition) is 3. The van der Waals surface area contributed by atoms with Crippen LogP contribution in [0.2, 0.25) is 0 Å². The normalized spacial score (nSPS) is 20.4. The van der Waals surface area contributed by atoms with Crippen LogP contribution in [0.15, 0.2) is 0 Å². The molecular formula is C13H26O3. The van der Waals surface area contributed by atoms with Gasteiger partial charge in [-0.05, 0) is 31.6 Å². The second-order valence-electron chi connectivity index (χ2n) is 4.94. The predicted octanol–water partition coefficient (Wildman–Crippen LogP) is 2.37. The van der Waals surface area contributed by atoms with Gasteiger partial charge in [0.05, 0.1) is 32.0 Å². The zero-order chi connectivity index (χ0) is 11.9. The van der Waals surface area contributed by atoms with E-state index in [4.69, 9.17) is 14.6 Å². The Morgan fingerprint density at radius 1 is 1.25 bits per heavy atom. The monoisotopic (exact) mass is 230 g/mol. The third-order valence-corrected chi connectivity index (χ3v) is 3.55. The SMILES string of the molecule is CCC(C)CC1(OCCOCCO)CCC1. The minimum Gasteiger partial charge on any atom is -0.394 e. The van der Waals surface area contributed by atoms with Crippen molar-refractivity contribution in [1.29, 1.82) is 0 Å². The average molecular weight is 230 g/mol. The van der Waals surface area contributed by atoms with Gasteiger partial charge >= 0.3 is 0 Å². The van der Waals surface area contributed by atoms with Crippen molar-refractivity contribution in [3.05, 3.63) is 0 Å². The number of hydrogen-bond donors (Lipinski definition) is 1. The summed E-state index contributed by atoms with van der Waals surface area (Å²) < 4.78 is 11.2. The smallest absolute Gasteiger partial charge is 0.0708 e. The summed E-state index contributed by atoms with van der Waals surface area (Å²) in [5.74, 6) is 0.749. The minimum atomic E-state index is 0.0952. The zero-order valence-corrected chi connectivity index (χ0v) is 10.7. The summed E-state index contributed by atoms with van der Waals surface area (Å²) in [6.07, 6.45) is 6.12. The van der Waals surface area contributed by atoms with Crippen LogP contribution in [-0.4, -0.2) is 37.1 Å². The largest absolute Gasteiger partial charge is 0.394 e. The fourth-order valence-corrected chi connectivity index (χ4v) is 2.24. The van der Waals surface area contributed by atoms with E-state index in [2.05, 4.69) is 13.8 Å². The molecule has 0 amide bonds. The molecule has 0 aromatic rings. The van der Waals surface area contributed by atoms with Crippen molar-refractivity contribution in [3.8, 4) is 0 Å². The van der Waals surface area contributed by atoms with Crippen molar-refractivity contribution >= 4 is 0 Å². The molecule has 0 aromatic heterocycles. The molecule has 0 radical (unpaired) electrons. The highest BCUT2D eigenvalue weighted by Gasteiger charge is 2.38. The van der Waals surface area contributed by atoms with Gasteiger partial charge in [0.1, 0.15) is 0 Å². The summed E-state index contributed by atoms with van der Waals surface area (Å²) in [6.45, 7) is 6.31. The van der Waals surface area contributed by atoms with Crippen LogP contribution < -0.4 is 0 Å². The molecule has 1 unspecified atom stereocenters. The average Bonchev–Trinajstić information content (AvgIpc) is 2.24. The molecule has 1 saturated carbocycles. The Kier molecular flexibility index (Phi) is 6.32. The molecule has 1 aliphatic rings. The van der Waals surface area contributed by atoms with Crippen molar-refractivity contribution in [3.63, 3.8) is 0 Å². The number of rotatable bonds is 9. The molecule has 0 saturated heterocycles. The summed E-state index contributed by atoms with van der Waals surface area (Å²) in [6, 6.07) is 0. The van der Waals surface area contributed by atoms with Crippen LogP contribution in [0.3, 0.4) is 0 Å². The summed E-state index contributed by atoms with van der Waals surface area (Å²) in [5, 5.41) is 8.57. The van der Waals surface area contributed by atoms with Crippen molar-refractivity contribution < 1.29 is 14.6 Å². The molecule has 0 heterocycles. The molecule has 0 bridgehead atoms. The van der Waals surface area contributed by atoms with E-state index in [-0.39, 0.29) is 12.2 Å². The molecule has 1 N–H and O–H groups in total. The lowest BCUT2D eigenvalue weighted by atomic mass is 9.74. The molecule has 1 atom stereocenters. The van der Waals surface area contributed by atoms with Gasteiger partial charge in [0.2, 0.25) is 0 Å². The van der Waals surface area contributed by atoms with E-state index in [0.29, 0.717) is 19.8 Å². The lowest BCUT2D eigenvalue weighted by Gasteiger charge is -2.43. The third-order valence-electron chi connectivity index (χ3n) is 3.55. The van der Waals surface area contributed by atoms with Crippen LogP contribution in [0, 0.1) is 5.92 Å². The Hall–Kier alpha value is -0.120. The first-order chi connectivity index (χ1) is 7.72. The molecule has 96 valence electrons. The van der Waals surface area contributed by atoms with Gasteiger partial charge in [-0.3, -0.25) is 0 Å². The van der Waals surface area contributed by atoms with Crippen LogP contribution in [0.1, 0.15) is 46.0 Å². The minimum absolute atomic E-state index is 0.0952. The molecule has 3 nitrogen and oxygen atoms in total. The maximum Gasteiger partial charge on any atom is 0.0708 e. The molecule has 1 fully saturated rings. The van der Waals surface area contributed by atoms with Crippen molar-refractivity contribution in [2.24, 2.45) is 5.92 Å². The predicted molar refractivity (Wildman–Crippen MR) is 64.5 cm³/mol. The van der Waals surface area contributed by atoms with E-state index in [9.17, 15) is 0 Å². The van der Waals surface area contributed by atoms with Gasteiger partial charge in [-0.25, -0.2) is 0 Å². The Bertz CT molecular complexity index is 178. The Morgan fingerprint density at radius 3 is 2.50 bits per heavy atom. The topological polar surface area (TPSA) is 38.7 Å². The van der Waals surface area contributed by atoms with E-state index in [1.807, 2.05) is 0 Å². The number of ether oxygens (including phenoxy) is 2. The summed E-state index contributed by atoms with van der Waals surface area (Å²) >= 11 is 0. The first-order valence-electron chi connectivity index (χ1n) is 6.55. The van der Waals surface area contributed by atoms with Gasteiger partial charge in [0, 0.05) is 0 Å². The molecule has 0 spiro atoms. The first kappa shape index (κ1) is 13.9. The fraction of sp³-hybridized carbons (Fsp3) is 1.00. The summed E-state index contributed by atoms with van der Waals surface area (Å²) in [7, 11) is 0. The van der Waals surface area contributed by atoms with E-state index in [0.717, 1.165) is 5.92 Å². The molecule has 3 heteroatoms. The lowest BCUT2D eigenvalue weighted by molar-refractivity contribution is -0.126. The molecule has 0 aromatic carbocycles. The van der Waals surface area contributed by atoms with E-state index >= 15 is 0 Å². The molecular weight excluding hydrogens is 204 g/mol. The van der Waals surface area contributed by atoms with Gasteiger partial charge in [-0.2, -0.15) is 0 Å². The molecule has 0 aliphatic heterocycles. The lowest BCUT2D eigenvalue weighted by Crippen LogP contribution is -2.42. The van der Waals surface area contributed by atoms with Crippen molar-refractivity contribution in [1.82, 2.24) is 0 Å². The Balaban J connectivity index is 2.15. The fourth-order valence-electron chi connectivity index (χ4n) is 2.24. The van der Waals surface area contributed by atoms with Gasteiger partial charge in [-0.15, -0.1) is 0 Å². The maximum absolute atomic E-state index is 8.57. The summed E-state index contributed by atoms with van der Waals surface area (Å²) in [4.78, 5) is 0. The van der Waals surface area contributed by atoms with E-state index in [1.165, 1.54) is 32.1 Å². The van der Waals surface area contributed by atoms with Gasteiger partial charge in [-0.1, -0.05) is 20.3 Å². The Morgan fingerprint density at radius 2 is 2.00 bits per heavy atom. The zero-order valence-electron chi connectivity index (χ0n) is 10.7. The Labute approximate surface area is 99.1 Å². The van der Waals surface area contributed by atoms with Gasteiger partial charge in [0.25, 0.3) is 0 Å². The second-order valence-corrected chi connectivity index (χ2v) is 4.94. The van der Waals surface area contributed by atoms with Gasteiger partial charge in [0.15, 0.2) is 0 Å². The van der Waals surface area contributed by atoms with Gasteiger partial charge < -0.3 is 14.6 Å². The molecule has 16 heavy (non-hydrogen) atoms. The first-order valence-corrected chi connectivity index (χ1v) is 6.55. The highest BCUT2D eigenvalue weighted by Crippen LogP contribution is 2.41. The van der Waals surface area contributed by atoms with Crippen LogP contribution in [0.4, 0.5) is 0 Å². The molecule has 1 rings (SSSR count). The van der Waals surface area contributed by atoms with Crippen molar-refractivity contribution in [2.45, 2.75) is 51.6 Å². The second kappa shape index (κ2) is 7.25. The molecule has 1 aliphatic carbocycles. The van der Waals surface area contributed by atoms with Crippen LogP contribution in [-0.2, 0) is 9.47 Å².